The van der Waals surface area contributed by atoms with Gasteiger partial charge in [0.25, 0.3) is 0 Å². The number of methoxy groups -OCH3 is 2. The van der Waals surface area contributed by atoms with Crippen molar-refractivity contribution < 1.29 is 23.9 Å². The molecular formula is C23H20N2O5S. The maximum absolute atomic E-state index is 12.5. The number of benzene rings is 3. The Morgan fingerprint density at radius 3 is 2.13 bits per heavy atom. The van der Waals surface area contributed by atoms with Crippen LogP contribution in [0.25, 0.3) is 10.8 Å². The van der Waals surface area contributed by atoms with Crippen LogP contribution in [0.15, 0.2) is 60.7 Å². The molecule has 0 saturated heterocycles. The monoisotopic (exact) mass is 436 g/mol. The van der Waals surface area contributed by atoms with Crippen LogP contribution >= 0.6 is 12.2 Å². The van der Waals surface area contributed by atoms with Gasteiger partial charge < -0.3 is 20.1 Å². The van der Waals surface area contributed by atoms with Crippen molar-refractivity contribution in [2.45, 2.75) is 6.42 Å². The number of hydrogen-bond acceptors (Lipinski definition) is 6. The maximum atomic E-state index is 12.5. The number of fused-ring (bicyclic) bond motifs is 1. The van der Waals surface area contributed by atoms with E-state index in [1.807, 2.05) is 42.5 Å². The Morgan fingerprint density at radius 2 is 1.48 bits per heavy atom. The second-order valence-corrected chi connectivity index (χ2v) is 7.01. The highest BCUT2D eigenvalue weighted by atomic mass is 32.1. The van der Waals surface area contributed by atoms with Gasteiger partial charge in [0.15, 0.2) is 5.11 Å². The molecule has 1 amide bonds. The number of thiocarbonyl (C=S) groups is 1. The Bertz CT molecular complexity index is 1140. The highest BCUT2D eigenvalue weighted by Gasteiger charge is 2.15. The van der Waals surface area contributed by atoms with Gasteiger partial charge in [-0.3, -0.25) is 4.79 Å². The van der Waals surface area contributed by atoms with Crippen LogP contribution in [0.5, 0.6) is 0 Å². The van der Waals surface area contributed by atoms with Gasteiger partial charge in [0, 0.05) is 5.69 Å². The summed E-state index contributed by atoms with van der Waals surface area (Å²) in [6, 6.07) is 17.8. The number of carbonyl (C=O) groups is 3. The average Bonchev–Trinajstić information content (AvgIpc) is 2.77. The normalized spacial score (nSPS) is 10.3. The molecule has 8 heteroatoms. The molecule has 0 aromatic heterocycles. The lowest BCUT2D eigenvalue weighted by Crippen LogP contribution is -2.35. The van der Waals surface area contributed by atoms with Gasteiger partial charge in [0.2, 0.25) is 5.91 Å². The summed E-state index contributed by atoms with van der Waals surface area (Å²) in [5, 5.41) is 7.50. The third-order valence-corrected chi connectivity index (χ3v) is 4.72. The highest BCUT2D eigenvalue weighted by Crippen LogP contribution is 2.19. The van der Waals surface area contributed by atoms with E-state index in [1.165, 1.54) is 32.4 Å². The largest absolute Gasteiger partial charge is 0.465 e. The molecule has 158 valence electrons. The van der Waals surface area contributed by atoms with Crippen LogP contribution in [-0.4, -0.2) is 37.2 Å². The number of ether oxygens (including phenoxy) is 2. The predicted octanol–water partition coefficient (Wildman–Crippen LogP) is 3.47. The maximum Gasteiger partial charge on any atom is 0.337 e. The van der Waals surface area contributed by atoms with Crippen molar-refractivity contribution in [3.05, 3.63) is 77.4 Å². The smallest absolute Gasteiger partial charge is 0.337 e. The van der Waals surface area contributed by atoms with Crippen molar-refractivity contribution >= 4 is 51.6 Å². The molecule has 0 aliphatic rings. The summed E-state index contributed by atoms with van der Waals surface area (Å²) in [4.78, 5) is 36.3. The highest BCUT2D eigenvalue weighted by molar-refractivity contribution is 7.80. The second kappa shape index (κ2) is 9.82. The zero-order valence-electron chi connectivity index (χ0n) is 16.9. The van der Waals surface area contributed by atoms with Gasteiger partial charge in [-0.2, -0.15) is 0 Å². The Labute approximate surface area is 184 Å². The third-order valence-electron chi connectivity index (χ3n) is 4.52. The number of esters is 2. The molecule has 0 heterocycles. The predicted molar refractivity (Wildman–Crippen MR) is 121 cm³/mol. The fraction of sp³-hybridized carbons (Fsp3) is 0.130. The minimum absolute atomic E-state index is 0.0306. The molecule has 0 unspecified atom stereocenters. The number of nitrogens with one attached hydrogen (secondary N) is 2. The van der Waals surface area contributed by atoms with E-state index in [2.05, 4.69) is 10.6 Å². The lowest BCUT2D eigenvalue weighted by atomic mass is 10.0. The van der Waals surface area contributed by atoms with Crippen LogP contribution < -0.4 is 10.6 Å². The summed E-state index contributed by atoms with van der Waals surface area (Å²) in [5.41, 5.74) is 1.48. The van der Waals surface area contributed by atoms with Crippen LogP contribution in [0.3, 0.4) is 0 Å². The van der Waals surface area contributed by atoms with E-state index in [4.69, 9.17) is 21.7 Å². The molecule has 0 aliphatic heterocycles. The van der Waals surface area contributed by atoms with E-state index in [9.17, 15) is 14.4 Å². The van der Waals surface area contributed by atoms with E-state index in [1.54, 1.807) is 0 Å². The van der Waals surface area contributed by atoms with Crippen molar-refractivity contribution in [1.82, 2.24) is 5.32 Å². The molecule has 3 rings (SSSR count). The van der Waals surface area contributed by atoms with Crippen LogP contribution in [0.4, 0.5) is 5.69 Å². The van der Waals surface area contributed by atoms with E-state index in [-0.39, 0.29) is 28.6 Å². The molecule has 0 bridgehead atoms. The molecule has 0 fully saturated rings. The van der Waals surface area contributed by atoms with Gasteiger partial charge in [-0.05, 0) is 46.8 Å². The first-order valence-corrected chi connectivity index (χ1v) is 9.71. The molecule has 31 heavy (non-hydrogen) atoms. The van der Waals surface area contributed by atoms with E-state index in [0.29, 0.717) is 5.69 Å². The first-order valence-electron chi connectivity index (χ1n) is 9.30. The van der Waals surface area contributed by atoms with Crippen molar-refractivity contribution in [3.8, 4) is 0 Å². The number of rotatable bonds is 5. The Kier molecular flexibility index (Phi) is 6.94. The zero-order valence-corrected chi connectivity index (χ0v) is 17.7. The fourth-order valence-electron chi connectivity index (χ4n) is 3.12. The Hall–Kier alpha value is -3.78. The third kappa shape index (κ3) is 5.43. The average molecular weight is 436 g/mol. The second-order valence-electron chi connectivity index (χ2n) is 6.60. The number of amides is 1. The van der Waals surface area contributed by atoms with Crippen LogP contribution in [0, 0.1) is 0 Å². The van der Waals surface area contributed by atoms with Crippen LogP contribution in [-0.2, 0) is 20.7 Å². The standard InChI is InChI=1S/C23H20N2O5S/c1-29-21(27)16-10-17(22(28)30-2)12-18(11-16)24-23(31)25-20(26)13-15-8-5-7-14-6-3-4-9-19(14)15/h3-12H,13H2,1-2H3,(H2,24,25,26,31). The minimum atomic E-state index is -0.625. The zero-order chi connectivity index (χ0) is 22.4. The van der Waals surface area contributed by atoms with Crippen molar-refractivity contribution in [2.24, 2.45) is 0 Å². The number of hydrogen-bond donors (Lipinski definition) is 2. The number of anilines is 1. The molecule has 0 radical (unpaired) electrons. The summed E-state index contributed by atoms with van der Waals surface area (Å²) >= 11 is 5.22. The van der Waals surface area contributed by atoms with Gasteiger partial charge in [-0.1, -0.05) is 42.5 Å². The van der Waals surface area contributed by atoms with Gasteiger partial charge in [-0.15, -0.1) is 0 Å². The summed E-state index contributed by atoms with van der Waals surface area (Å²) in [5.74, 6) is -1.55. The van der Waals surface area contributed by atoms with Gasteiger partial charge in [-0.25, -0.2) is 9.59 Å². The van der Waals surface area contributed by atoms with E-state index < -0.39 is 11.9 Å². The summed E-state index contributed by atoms with van der Waals surface area (Å²) < 4.78 is 9.42. The molecule has 3 aromatic carbocycles. The summed E-state index contributed by atoms with van der Waals surface area (Å²) in [7, 11) is 2.47. The molecular weight excluding hydrogens is 416 g/mol. The van der Waals surface area contributed by atoms with Gasteiger partial charge in [0.1, 0.15) is 0 Å². The van der Waals surface area contributed by atoms with Crippen LogP contribution in [0.2, 0.25) is 0 Å². The van der Waals surface area contributed by atoms with E-state index >= 15 is 0 Å². The van der Waals surface area contributed by atoms with Crippen molar-refractivity contribution in [1.29, 1.82) is 0 Å². The summed E-state index contributed by atoms with van der Waals surface area (Å²) in [6.45, 7) is 0. The molecule has 0 spiro atoms. The SMILES string of the molecule is COC(=O)c1cc(NC(=S)NC(=O)Cc2cccc3ccccc23)cc(C(=O)OC)c1. The molecule has 3 aromatic rings. The Balaban J connectivity index is 1.73. The molecule has 0 atom stereocenters. The molecule has 0 saturated carbocycles. The van der Waals surface area contributed by atoms with Crippen molar-refractivity contribution in [3.63, 3.8) is 0 Å². The molecule has 0 aliphatic carbocycles. The molecule has 2 N–H and O–H groups in total. The van der Waals surface area contributed by atoms with Crippen molar-refractivity contribution in [2.75, 3.05) is 19.5 Å². The summed E-state index contributed by atoms with van der Waals surface area (Å²) in [6.07, 6.45) is 0.138. The lowest BCUT2D eigenvalue weighted by molar-refractivity contribution is -0.119. The van der Waals surface area contributed by atoms with E-state index in [0.717, 1.165) is 16.3 Å². The lowest BCUT2D eigenvalue weighted by Gasteiger charge is -2.12. The van der Waals surface area contributed by atoms with Gasteiger partial charge >= 0.3 is 11.9 Å². The number of carbonyl (C=O) groups excluding carboxylic acids is 3. The first kappa shape index (κ1) is 21.9. The quantitative estimate of drug-likeness (QED) is 0.467. The fourth-order valence-corrected chi connectivity index (χ4v) is 3.36. The van der Waals surface area contributed by atoms with Crippen LogP contribution in [0.1, 0.15) is 26.3 Å². The Morgan fingerprint density at radius 1 is 0.871 bits per heavy atom. The topological polar surface area (TPSA) is 93.7 Å². The minimum Gasteiger partial charge on any atom is -0.465 e. The van der Waals surface area contributed by atoms with Gasteiger partial charge in [0.05, 0.1) is 31.8 Å². The first-order chi connectivity index (χ1) is 14.9. The molecule has 7 nitrogen and oxygen atoms in total.